The molecule has 0 spiro atoms. The lowest BCUT2D eigenvalue weighted by molar-refractivity contribution is -0.188. The van der Waals surface area contributed by atoms with Gasteiger partial charge in [0.05, 0.1) is 6.61 Å². The molecule has 0 aromatic carbocycles. The number of hydroxylamine groups is 2. The Bertz CT molecular complexity index is 860. The van der Waals surface area contributed by atoms with Gasteiger partial charge in [-0.2, -0.15) is 5.06 Å². The Hall–Kier alpha value is -1.63. The van der Waals surface area contributed by atoms with E-state index in [2.05, 4.69) is 90.4 Å². The minimum Gasteiger partial charge on any atom is -0.389 e. The zero-order valence-electron chi connectivity index (χ0n) is 30.3. The van der Waals surface area contributed by atoms with Gasteiger partial charge in [0.25, 0.3) is 0 Å². The van der Waals surface area contributed by atoms with Gasteiger partial charge < -0.3 is 16.4 Å². The third kappa shape index (κ3) is 11.0. The molecule has 0 aromatic rings. The van der Waals surface area contributed by atoms with Crippen molar-refractivity contribution in [2.24, 2.45) is 40.2 Å². The fourth-order valence-electron chi connectivity index (χ4n) is 9.01. The molecule has 8 unspecified atom stereocenters. The maximum Gasteiger partial charge on any atom is 0.206 e. The first-order valence-electron chi connectivity index (χ1n) is 17.8. The van der Waals surface area contributed by atoms with Gasteiger partial charge in [-0.05, 0) is 119 Å². The summed E-state index contributed by atoms with van der Waals surface area (Å²) in [5, 5.41) is 7.41. The first-order valence-corrected chi connectivity index (χ1v) is 17.8. The van der Waals surface area contributed by atoms with Gasteiger partial charge in [-0.15, -0.1) is 0 Å². The molecular weight excluding hydrogens is 544 g/mol. The number of unbranched alkanes of at least 4 members (excludes halogenated alkanes) is 1. The van der Waals surface area contributed by atoms with Crippen molar-refractivity contribution in [3.05, 3.63) is 37.1 Å². The summed E-state index contributed by atoms with van der Waals surface area (Å²) in [6.07, 6.45) is 22.0. The van der Waals surface area contributed by atoms with E-state index >= 15 is 0 Å². The molecule has 3 fully saturated rings. The van der Waals surface area contributed by atoms with E-state index in [9.17, 15) is 0 Å². The van der Waals surface area contributed by atoms with E-state index in [1.165, 1.54) is 64.2 Å². The monoisotopic (exact) mass is 617 g/mol. The van der Waals surface area contributed by atoms with Crippen LogP contribution in [0.3, 0.4) is 0 Å². The molecule has 44 heavy (non-hydrogen) atoms. The third-order valence-corrected chi connectivity index (χ3v) is 11.3. The van der Waals surface area contributed by atoms with E-state index < -0.39 is 0 Å². The van der Waals surface area contributed by atoms with E-state index in [-0.39, 0.29) is 6.04 Å². The molecule has 6 heteroatoms. The summed E-state index contributed by atoms with van der Waals surface area (Å²) < 4.78 is 0. The second kappa shape index (κ2) is 20.5. The number of nitrogens with one attached hydrogen (secondary N) is 2. The fourth-order valence-corrected chi connectivity index (χ4v) is 9.01. The van der Waals surface area contributed by atoms with Crippen molar-refractivity contribution in [1.29, 1.82) is 0 Å². The van der Waals surface area contributed by atoms with Crippen molar-refractivity contribution in [2.45, 2.75) is 144 Å². The summed E-state index contributed by atoms with van der Waals surface area (Å²) >= 11 is 0. The van der Waals surface area contributed by atoms with Gasteiger partial charge in [0, 0.05) is 32.2 Å². The molecule has 0 saturated heterocycles. The van der Waals surface area contributed by atoms with E-state index in [0.29, 0.717) is 29.3 Å². The number of carbonyl (C=O) groups excluding carboxylic acids is 1. The molecule has 3 rings (SSSR count). The molecule has 0 aromatic heterocycles. The van der Waals surface area contributed by atoms with E-state index in [4.69, 9.17) is 15.4 Å². The standard InChI is InChI=1S/C31H56N2O.C5H11N.C2H5NO/c1-8-11-13-25(32)19-22-34-33(7)23(4)27-16-17-28-26-15-14-24(12-9-2)30(5,20-10-3)29(26)18-21-31(27,28)6;1-4-6-5(2)3;1-3-2-4/h9,12,23,25-29H,2,8,10-11,13-22,32H2,1,3-7H3;4-6H,1H2,2-3H3;2H,1H3,(H,3,4)/b24-12-;;. The average Bonchev–Trinajstić information content (AvgIpc) is 3.34. The molecule has 0 radical (unpaired) electrons. The van der Waals surface area contributed by atoms with Crippen LogP contribution in [0.2, 0.25) is 0 Å². The van der Waals surface area contributed by atoms with Gasteiger partial charge in [0.1, 0.15) is 0 Å². The topological polar surface area (TPSA) is 79.6 Å². The SMILES string of the molecule is C=C/C=C1/CCC2C(CCC3(C)C2CCC3C(C)N(C)OCCC(N)CCCC)C1(C)CCC.C=CNC(C)C.CNC=O. The second-order valence-corrected chi connectivity index (χ2v) is 14.5. The van der Waals surface area contributed by atoms with Crippen LogP contribution in [0.1, 0.15) is 126 Å². The van der Waals surface area contributed by atoms with Gasteiger partial charge in [0.15, 0.2) is 0 Å². The van der Waals surface area contributed by atoms with Crippen molar-refractivity contribution < 1.29 is 9.63 Å². The summed E-state index contributed by atoms with van der Waals surface area (Å²) in [6, 6.07) is 1.26. The highest BCUT2D eigenvalue weighted by atomic mass is 16.7. The van der Waals surface area contributed by atoms with Crippen LogP contribution in [-0.4, -0.2) is 50.3 Å². The van der Waals surface area contributed by atoms with Crippen LogP contribution in [0.5, 0.6) is 0 Å². The molecule has 3 aliphatic rings. The smallest absolute Gasteiger partial charge is 0.206 e. The number of nitrogens with two attached hydrogens (primary N) is 1. The van der Waals surface area contributed by atoms with Crippen LogP contribution in [0.25, 0.3) is 0 Å². The van der Waals surface area contributed by atoms with Gasteiger partial charge in [-0.1, -0.05) is 77.8 Å². The van der Waals surface area contributed by atoms with Crippen molar-refractivity contribution >= 4 is 6.41 Å². The van der Waals surface area contributed by atoms with Gasteiger partial charge in [-0.25, -0.2) is 0 Å². The zero-order valence-corrected chi connectivity index (χ0v) is 30.3. The maximum atomic E-state index is 9.06. The molecule has 0 bridgehead atoms. The molecule has 8 atom stereocenters. The maximum absolute atomic E-state index is 9.06. The Morgan fingerprint density at radius 1 is 1.07 bits per heavy atom. The van der Waals surface area contributed by atoms with E-state index in [0.717, 1.165) is 43.1 Å². The lowest BCUT2D eigenvalue weighted by Crippen LogP contribution is -2.52. The number of rotatable bonds is 15. The minimum atomic E-state index is 0.274. The Morgan fingerprint density at radius 2 is 1.75 bits per heavy atom. The molecule has 256 valence electrons. The summed E-state index contributed by atoms with van der Waals surface area (Å²) in [6.45, 7) is 24.7. The van der Waals surface area contributed by atoms with Crippen LogP contribution in [-0.2, 0) is 9.63 Å². The number of fused-ring (bicyclic) bond motifs is 3. The van der Waals surface area contributed by atoms with Crippen LogP contribution < -0.4 is 16.4 Å². The van der Waals surface area contributed by atoms with Gasteiger partial charge in [-0.3, -0.25) is 9.63 Å². The lowest BCUT2D eigenvalue weighted by atomic mass is 9.47. The number of amides is 1. The largest absolute Gasteiger partial charge is 0.389 e. The highest BCUT2D eigenvalue weighted by Crippen LogP contribution is 2.66. The van der Waals surface area contributed by atoms with Crippen molar-refractivity contribution in [3.8, 4) is 0 Å². The van der Waals surface area contributed by atoms with E-state index in [1.54, 1.807) is 18.8 Å². The highest BCUT2D eigenvalue weighted by Gasteiger charge is 2.59. The first-order chi connectivity index (χ1) is 20.9. The molecule has 0 aliphatic heterocycles. The van der Waals surface area contributed by atoms with Crippen LogP contribution in [0.15, 0.2) is 37.1 Å². The number of nitrogens with zero attached hydrogens (tertiary/aromatic N) is 1. The first kappa shape index (κ1) is 40.4. The Kier molecular flexibility index (Phi) is 18.8. The van der Waals surface area contributed by atoms with Crippen molar-refractivity contribution in [2.75, 3.05) is 20.7 Å². The highest BCUT2D eigenvalue weighted by molar-refractivity contribution is 5.44. The van der Waals surface area contributed by atoms with Crippen molar-refractivity contribution in [3.63, 3.8) is 0 Å². The van der Waals surface area contributed by atoms with Crippen LogP contribution in [0.4, 0.5) is 0 Å². The quantitative estimate of drug-likeness (QED) is 0.127. The second-order valence-electron chi connectivity index (χ2n) is 14.5. The number of carbonyl (C=O) groups is 1. The molecule has 1 amide bonds. The fraction of sp³-hybridized carbons (Fsp3) is 0.816. The summed E-state index contributed by atoms with van der Waals surface area (Å²) in [5.41, 5.74) is 8.78. The molecule has 4 N–H and O–H groups in total. The summed E-state index contributed by atoms with van der Waals surface area (Å²) in [7, 11) is 3.73. The van der Waals surface area contributed by atoms with Crippen LogP contribution in [0, 0.1) is 34.5 Å². The summed E-state index contributed by atoms with van der Waals surface area (Å²) in [4.78, 5) is 15.3. The normalized spacial score (nSPS) is 31.4. The van der Waals surface area contributed by atoms with Crippen LogP contribution >= 0.6 is 0 Å². The predicted molar refractivity (Wildman–Crippen MR) is 190 cm³/mol. The molecule has 3 saturated carbocycles. The van der Waals surface area contributed by atoms with Gasteiger partial charge in [0.2, 0.25) is 6.41 Å². The molecular formula is C38H72N4O2. The van der Waals surface area contributed by atoms with Crippen molar-refractivity contribution in [1.82, 2.24) is 15.7 Å². The Morgan fingerprint density at radius 3 is 2.27 bits per heavy atom. The number of hydrogen-bond acceptors (Lipinski definition) is 5. The Labute approximate surface area is 273 Å². The number of hydrogen-bond donors (Lipinski definition) is 3. The summed E-state index contributed by atoms with van der Waals surface area (Å²) in [5.74, 6) is 3.33. The average molecular weight is 617 g/mol. The lowest BCUT2D eigenvalue weighted by Gasteiger charge is -2.58. The minimum absolute atomic E-state index is 0.274. The third-order valence-electron chi connectivity index (χ3n) is 11.3. The molecule has 0 heterocycles. The zero-order chi connectivity index (χ0) is 33.3. The molecule has 3 aliphatic carbocycles. The number of allylic oxidation sites excluding steroid dienone is 3. The van der Waals surface area contributed by atoms with E-state index in [1.807, 2.05) is 6.08 Å². The van der Waals surface area contributed by atoms with Gasteiger partial charge >= 0.3 is 0 Å². The Balaban J connectivity index is 0.000000837. The predicted octanol–water partition coefficient (Wildman–Crippen LogP) is 8.41. The molecule has 6 nitrogen and oxygen atoms in total.